The highest BCUT2D eigenvalue weighted by molar-refractivity contribution is 6.42. The summed E-state index contributed by atoms with van der Waals surface area (Å²) in [5.74, 6) is -0.336. The largest absolute Gasteiger partial charge is 0.382 e. The molecule has 0 saturated carbocycles. The van der Waals surface area contributed by atoms with Crippen molar-refractivity contribution in [1.82, 2.24) is 4.90 Å². The Balaban J connectivity index is 2.22. The standard InChI is InChI=1S/C14H18Cl2N2O2/c1-20-9-14(13(17)19)5-2-6-18(14)8-10-3-4-11(15)12(16)7-10/h3-4,7H,2,5-6,8-9H2,1H3,(H2,17,19). The zero-order valence-electron chi connectivity index (χ0n) is 11.4. The summed E-state index contributed by atoms with van der Waals surface area (Å²) < 4.78 is 5.21. The van der Waals surface area contributed by atoms with Gasteiger partial charge in [-0.05, 0) is 37.1 Å². The number of hydrogen-bond acceptors (Lipinski definition) is 3. The summed E-state index contributed by atoms with van der Waals surface area (Å²) in [6.07, 6.45) is 1.64. The van der Waals surface area contributed by atoms with Crippen molar-refractivity contribution >= 4 is 29.1 Å². The fourth-order valence-corrected chi connectivity index (χ4v) is 3.10. The molecule has 0 spiro atoms. The van der Waals surface area contributed by atoms with Crippen molar-refractivity contribution in [3.8, 4) is 0 Å². The van der Waals surface area contributed by atoms with Gasteiger partial charge in [-0.2, -0.15) is 0 Å². The van der Waals surface area contributed by atoms with Gasteiger partial charge in [0.05, 0.1) is 16.7 Å². The van der Waals surface area contributed by atoms with Crippen molar-refractivity contribution in [2.45, 2.75) is 24.9 Å². The number of amides is 1. The first-order valence-corrected chi connectivity index (χ1v) is 7.23. The van der Waals surface area contributed by atoms with Crippen molar-refractivity contribution in [2.24, 2.45) is 5.73 Å². The summed E-state index contributed by atoms with van der Waals surface area (Å²) in [5.41, 5.74) is 5.89. The molecule has 1 aliphatic heterocycles. The normalized spacial score (nSPS) is 23.1. The van der Waals surface area contributed by atoms with E-state index in [0.29, 0.717) is 23.2 Å². The molecule has 110 valence electrons. The molecule has 0 aromatic heterocycles. The van der Waals surface area contributed by atoms with Gasteiger partial charge in [0, 0.05) is 13.7 Å². The average Bonchev–Trinajstić information content (AvgIpc) is 2.79. The molecule has 4 nitrogen and oxygen atoms in total. The first-order valence-electron chi connectivity index (χ1n) is 6.47. The molecule has 6 heteroatoms. The van der Waals surface area contributed by atoms with Gasteiger partial charge >= 0.3 is 0 Å². The molecule has 20 heavy (non-hydrogen) atoms. The molecular weight excluding hydrogens is 299 g/mol. The van der Waals surface area contributed by atoms with Gasteiger partial charge < -0.3 is 10.5 Å². The Hall–Kier alpha value is -0.810. The molecule has 1 fully saturated rings. The van der Waals surface area contributed by atoms with Crippen LogP contribution in [0.2, 0.25) is 10.0 Å². The lowest BCUT2D eigenvalue weighted by Crippen LogP contribution is -2.56. The highest BCUT2D eigenvalue weighted by Gasteiger charge is 2.46. The third kappa shape index (κ3) is 2.93. The second kappa shape index (κ2) is 6.31. The maximum absolute atomic E-state index is 11.9. The number of nitrogens with two attached hydrogens (primary N) is 1. The number of likely N-dealkylation sites (tertiary alicyclic amines) is 1. The van der Waals surface area contributed by atoms with E-state index in [1.54, 1.807) is 13.2 Å². The molecule has 1 aromatic rings. The van der Waals surface area contributed by atoms with Crippen LogP contribution in [-0.2, 0) is 16.1 Å². The van der Waals surface area contributed by atoms with Gasteiger partial charge in [0.15, 0.2) is 0 Å². The number of carbonyl (C=O) groups excluding carboxylic acids is 1. The van der Waals surface area contributed by atoms with Crippen LogP contribution in [0.4, 0.5) is 0 Å². The van der Waals surface area contributed by atoms with Gasteiger partial charge in [-0.15, -0.1) is 0 Å². The number of primary amides is 1. The Labute approximate surface area is 128 Å². The highest BCUT2D eigenvalue weighted by Crippen LogP contribution is 2.32. The molecule has 0 radical (unpaired) electrons. The summed E-state index contributed by atoms with van der Waals surface area (Å²) >= 11 is 11.9. The molecule has 2 N–H and O–H groups in total. The Morgan fingerprint density at radius 3 is 2.80 bits per heavy atom. The second-order valence-electron chi connectivity index (χ2n) is 5.10. The van der Waals surface area contributed by atoms with Gasteiger partial charge in [-0.25, -0.2) is 0 Å². The summed E-state index contributed by atoms with van der Waals surface area (Å²) in [5, 5.41) is 1.04. The first kappa shape index (κ1) is 15.6. The van der Waals surface area contributed by atoms with E-state index in [9.17, 15) is 4.79 Å². The molecule has 1 amide bonds. The number of nitrogens with zero attached hydrogens (tertiary/aromatic N) is 1. The topological polar surface area (TPSA) is 55.6 Å². The molecular formula is C14H18Cl2N2O2. The van der Waals surface area contributed by atoms with E-state index in [1.165, 1.54) is 0 Å². The Morgan fingerprint density at radius 2 is 2.20 bits per heavy atom. The zero-order valence-corrected chi connectivity index (χ0v) is 12.9. The number of benzene rings is 1. The molecule has 1 atom stereocenters. The fourth-order valence-electron chi connectivity index (χ4n) is 2.78. The van der Waals surface area contributed by atoms with Gasteiger partial charge in [0.25, 0.3) is 0 Å². The maximum atomic E-state index is 11.9. The van der Waals surface area contributed by atoms with E-state index in [1.807, 2.05) is 12.1 Å². The third-order valence-corrected chi connectivity index (χ3v) is 4.56. The van der Waals surface area contributed by atoms with Gasteiger partial charge in [0.2, 0.25) is 5.91 Å². The number of carbonyl (C=O) groups is 1. The van der Waals surface area contributed by atoms with Crippen LogP contribution < -0.4 is 5.73 Å². The maximum Gasteiger partial charge on any atom is 0.240 e. The van der Waals surface area contributed by atoms with E-state index in [-0.39, 0.29) is 5.91 Å². The first-order chi connectivity index (χ1) is 9.49. The Morgan fingerprint density at radius 1 is 1.45 bits per heavy atom. The number of ether oxygens (including phenoxy) is 1. The number of halogens is 2. The van der Waals surface area contributed by atoms with Crippen LogP contribution in [0.5, 0.6) is 0 Å². The average molecular weight is 317 g/mol. The highest BCUT2D eigenvalue weighted by atomic mass is 35.5. The molecule has 0 aliphatic carbocycles. The van der Waals surface area contributed by atoms with Crippen molar-refractivity contribution < 1.29 is 9.53 Å². The van der Waals surface area contributed by atoms with Crippen LogP contribution in [0, 0.1) is 0 Å². The van der Waals surface area contributed by atoms with Crippen LogP contribution in [0.15, 0.2) is 18.2 Å². The van der Waals surface area contributed by atoms with E-state index in [2.05, 4.69) is 4.90 Å². The molecule has 1 aromatic carbocycles. The SMILES string of the molecule is COCC1(C(N)=O)CCCN1Cc1ccc(Cl)c(Cl)c1. The third-order valence-electron chi connectivity index (χ3n) is 3.82. The van der Waals surface area contributed by atoms with E-state index >= 15 is 0 Å². The lowest BCUT2D eigenvalue weighted by Gasteiger charge is -2.35. The van der Waals surface area contributed by atoms with Crippen LogP contribution in [0.3, 0.4) is 0 Å². The summed E-state index contributed by atoms with van der Waals surface area (Å²) in [7, 11) is 1.58. The van der Waals surface area contributed by atoms with E-state index < -0.39 is 5.54 Å². The second-order valence-corrected chi connectivity index (χ2v) is 5.92. The molecule has 1 saturated heterocycles. The fraction of sp³-hybridized carbons (Fsp3) is 0.500. The number of rotatable bonds is 5. The predicted octanol–water partition coefficient (Wildman–Crippen LogP) is 2.46. The summed E-state index contributed by atoms with van der Waals surface area (Å²) in [6.45, 7) is 1.72. The van der Waals surface area contributed by atoms with Gasteiger partial charge in [-0.1, -0.05) is 29.3 Å². The number of methoxy groups -OCH3 is 1. The molecule has 0 bridgehead atoms. The quantitative estimate of drug-likeness (QED) is 0.907. The van der Waals surface area contributed by atoms with Crippen molar-refractivity contribution in [3.63, 3.8) is 0 Å². The van der Waals surface area contributed by atoms with Crippen LogP contribution >= 0.6 is 23.2 Å². The van der Waals surface area contributed by atoms with Crippen molar-refractivity contribution in [1.29, 1.82) is 0 Å². The Kier molecular flexibility index (Phi) is 4.91. The van der Waals surface area contributed by atoms with Gasteiger partial charge in [-0.3, -0.25) is 9.69 Å². The Bertz CT molecular complexity index is 510. The minimum absolute atomic E-state index is 0.309. The smallest absolute Gasteiger partial charge is 0.240 e. The minimum Gasteiger partial charge on any atom is -0.382 e. The van der Waals surface area contributed by atoms with Gasteiger partial charge in [0.1, 0.15) is 5.54 Å². The minimum atomic E-state index is -0.721. The van der Waals surface area contributed by atoms with Crippen molar-refractivity contribution in [3.05, 3.63) is 33.8 Å². The monoisotopic (exact) mass is 316 g/mol. The predicted molar refractivity (Wildman–Crippen MR) is 79.9 cm³/mol. The lowest BCUT2D eigenvalue weighted by molar-refractivity contribution is -0.132. The number of hydrogen-bond donors (Lipinski definition) is 1. The molecule has 1 aliphatic rings. The van der Waals surface area contributed by atoms with E-state index in [0.717, 1.165) is 24.9 Å². The zero-order chi connectivity index (χ0) is 14.8. The van der Waals surface area contributed by atoms with Crippen LogP contribution in [-0.4, -0.2) is 36.6 Å². The summed E-state index contributed by atoms with van der Waals surface area (Å²) in [6, 6.07) is 5.49. The van der Waals surface area contributed by atoms with E-state index in [4.69, 9.17) is 33.7 Å². The summed E-state index contributed by atoms with van der Waals surface area (Å²) in [4.78, 5) is 14.0. The molecule has 1 heterocycles. The molecule has 2 rings (SSSR count). The van der Waals surface area contributed by atoms with Crippen molar-refractivity contribution in [2.75, 3.05) is 20.3 Å². The molecule has 1 unspecified atom stereocenters. The lowest BCUT2D eigenvalue weighted by atomic mass is 9.96. The van der Waals surface area contributed by atoms with Crippen LogP contribution in [0.1, 0.15) is 18.4 Å². The van der Waals surface area contributed by atoms with Crippen LogP contribution in [0.25, 0.3) is 0 Å².